The first kappa shape index (κ1) is 15.5. The molecule has 21 heavy (non-hydrogen) atoms. The summed E-state index contributed by atoms with van der Waals surface area (Å²) >= 11 is 5.91. The van der Waals surface area contributed by atoms with Gasteiger partial charge in [0.05, 0.1) is 9.95 Å². The Kier molecular flexibility index (Phi) is 4.98. The summed E-state index contributed by atoms with van der Waals surface area (Å²) in [4.78, 5) is 22.4. The molecule has 0 bridgehead atoms. The van der Waals surface area contributed by atoms with Gasteiger partial charge in [-0.3, -0.25) is 20.8 Å². The lowest BCUT2D eigenvalue weighted by Crippen LogP contribution is -2.27. The van der Waals surface area contributed by atoms with Gasteiger partial charge in [0.1, 0.15) is 5.69 Å². The number of hydrogen-bond donors (Lipinski definition) is 3. The van der Waals surface area contributed by atoms with Crippen molar-refractivity contribution in [1.29, 1.82) is 0 Å². The Morgan fingerprint density at radius 1 is 1.48 bits per heavy atom. The van der Waals surface area contributed by atoms with E-state index in [4.69, 9.17) is 17.4 Å². The summed E-state index contributed by atoms with van der Waals surface area (Å²) < 4.78 is 0. The van der Waals surface area contributed by atoms with Crippen LogP contribution in [0.25, 0.3) is 0 Å². The molecule has 0 aliphatic heterocycles. The minimum Gasteiger partial charge on any atom is -0.352 e. The van der Waals surface area contributed by atoms with E-state index in [1.54, 1.807) is 0 Å². The molecule has 1 aromatic rings. The molecule has 7 nitrogen and oxygen atoms in total. The second-order valence-electron chi connectivity index (χ2n) is 5.10. The Bertz CT molecular complexity index is 561. The highest BCUT2D eigenvalue weighted by Gasteiger charge is 2.21. The van der Waals surface area contributed by atoms with E-state index in [0.717, 1.165) is 6.42 Å². The summed E-state index contributed by atoms with van der Waals surface area (Å²) in [6.07, 6.45) is 4.62. The van der Waals surface area contributed by atoms with Gasteiger partial charge in [-0.25, -0.2) is 0 Å². The van der Waals surface area contributed by atoms with E-state index in [-0.39, 0.29) is 27.9 Å². The maximum Gasteiger partial charge on any atom is 0.295 e. The number of amides is 1. The van der Waals surface area contributed by atoms with Crippen molar-refractivity contribution in [3.05, 3.63) is 32.8 Å². The van der Waals surface area contributed by atoms with E-state index in [1.807, 2.05) is 0 Å². The first-order chi connectivity index (χ1) is 10.0. The van der Waals surface area contributed by atoms with Crippen molar-refractivity contribution in [3.63, 3.8) is 0 Å². The molecular weight excluding hydrogens is 296 g/mol. The number of carbonyl (C=O) groups excluding carboxylic acids is 1. The molecule has 1 fully saturated rings. The van der Waals surface area contributed by atoms with Gasteiger partial charge >= 0.3 is 0 Å². The predicted octanol–water partition coefficient (Wildman–Crippen LogP) is 2.45. The summed E-state index contributed by atoms with van der Waals surface area (Å²) in [6, 6.07) is 2.53. The summed E-state index contributed by atoms with van der Waals surface area (Å²) in [6.45, 7) is 0.561. The number of nitrogens with two attached hydrogens (primary N) is 1. The molecule has 114 valence electrons. The van der Waals surface area contributed by atoms with Crippen molar-refractivity contribution in [2.24, 2.45) is 11.8 Å². The highest BCUT2D eigenvalue weighted by Crippen LogP contribution is 2.33. The number of halogens is 1. The van der Waals surface area contributed by atoms with Crippen molar-refractivity contribution >= 4 is 28.9 Å². The Morgan fingerprint density at radius 3 is 2.71 bits per heavy atom. The Balaban J connectivity index is 2.07. The fourth-order valence-corrected chi connectivity index (χ4v) is 2.55. The minimum atomic E-state index is -0.633. The number of anilines is 1. The number of nitrogens with one attached hydrogen (secondary N) is 2. The van der Waals surface area contributed by atoms with E-state index in [0.29, 0.717) is 12.5 Å². The summed E-state index contributed by atoms with van der Waals surface area (Å²) in [5, 5.41) is 13.8. The Labute approximate surface area is 127 Å². The van der Waals surface area contributed by atoms with Gasteiger partial charge in [-0.1, -0.05) is 30.9 Å². The first-order valence-corrected chi connectivity index (χ1v) is 7.13. The Morgan fingerprint density at radius 2 is 2.19 bits per heavy atom. The van der Waals surface area contributed by atoms with Crippen molar-refractivity contribution in [3.8, 4) is 0 Å². The maximum atomic E-state index is 12.0. The number of nitro benzene ring substituents is 1. The molecule has 1 aromatic carbocycles. The molecule has 0 atom stereocenters. The van der Waals surface area contributed by atoms with Crippen molar-refractivity contribution < 1.29 is 9.72 Å². The zero-order valence-electron chi connectivity index (χ0n) is 11.4. The van der Waals surface area contributed by atoms with Gasteiger partial charge in [0.25, 0.3) is 11.6 Å². The SMILES string of the molecule is NNc1c(Cl)cc(C(=O)NCCC2CCC2)cc1[N+](=O)[O-]. The van der Waals surface area contributed by atoms with Crippen molar-refractivity contribution in [1.82, 2.24) is 5.32 Å². The number of nitrogens with zero attached hydrogens (tertiary/aromatic N) is 1. The molecule has 0 spiro atoms. The third-order valence-corrected chi connectivity index (χ3v) is 4.03. The highest BCUT2D eigenvalue weighted by atomic mass is 35.5. The first-order valence-electron chi connectivity index (χ1n) is 6.75. The smallest absolute Gasteiger partial charge is 0.295 e. The predicted molar refractivity (Wildman–Crippen MR) is 80.2 cm³/mol. The zero-order chi connectivity index (χ0) is 15.4. The molecule has 1 aliphatic carbocycles. The van der Waals surface area contributed by atoms with Gasteiger partial charge in [-0.05, 0) is 18.4 Å². The molecule has 0 radical (unpaired) electrons. The van der Waals surface area contributed by atoms with Crippen LogP contribution in [0.4, 0.5) is 11.4 Å². The molecule has 2 rings (SSSR count). The average Bonchev–Trinajstić information content (AvgIpc) is 2.40. The monoisotopic (exact) mass is 312 g/mol. The molecule has 0 saturated heterocycles. The quantitative estimate of drug-likeness (QED) is 0.424. The average molecular weight is 313 g/mol. The largest absolute Gasteiger partial charge is 0.352 e. The van der Waals surface area contributed by atoms with Crippen LogP contribution in [-0.4, -0.2) is 17.4 Å². The van der Waals surface area contributed by atoms with Gasteiger partial charge in [-0.15, -0.1) is 0 Å². The highest BCUT2D eigenvalue weighted by molar-refractivity contribution is 6.34. The van der Waals surface area contributed by atoms with Crippen LogP contribution in [0.2, 0.25) is 5.02 Å². The third kappa shape index (κ3) is 3.62. The van der Waals surface area contributed by atoms with Gasteiger partial charge in [0.2, 0.25) is 0 Å². The van der Waals surface area contributed by atoms with Crippen LogP contribution in [0.5, 0.6) is 0 Å². The summed E-state index contributed by atoms with van der Waals surface area (Å²) in [7, 11) is 0. The van der Waals surface area contributed by atoms with Crippen molar-refractivity contribution in [2.75, 3.05) is 12.0 Å². The van der Waals surface area contributed by atoms with Crippen LogP contribution in [0, 0.1) is 16.0 Å². The number of hydrazine groups is 1. The number of hydrogen-bond acceptors (Lipinski definition) is 5. The Hall–Kier alpha value is -1.86. The second-order valence-corrected chi connectivity index (χ2v) is 5.50. The van der Waals surface area contributed by atoms with Crippen LogP contribution in [-0.2, 0) is 0 Å². The summed E-state index contributed by atoms with van der Waals surface area (Å²) in [5.41, 5.74) is 2.00. The van der Waals surface area contributed by atoms with E-state index in [1.165, 1.54) is 31.4 Å². The molecule has 0 unspecified atom stereocenters. The topological polar surface area (TPSA) is 110 Å². The number of rotatable bonds is 6. The lowest BCUT2D eigenvalue weighted by atomic mass is 9.83. The molecule has 4 N–H and O–H groups in total. The molecular formula is C13H17ClN4O3. The van der Waals surface area contributed by atoms with Crippen molar-refractivity contribution in [2.45, 2.75) is 25.7 Å². The normalized spacial score (nSPS) is 14.4. The second kappa shape index (κ2) is 6.73. The molecule has 1 aliphatic rings. The lowest BCUT2D eigenvalue weighted by Gasteiger charge is -2.25. The molecule has 1 amide bonds. The van der Waals surface area contributed by atoms with Gasteiger partial charge < -0.3 is 10.7 Å². The standard InChI is InChI=1S/C13H17ClN4O3/c14-10-6-9(7-11(18(20)21)12(10)17-15)13(19)16-5-4-8-2-1-3-8/h6-8,17H,1-5,15H2,(H,16,19). The van der Waals surface area contributed by atoms with Crippen LogP contribution in [0.1, 0.15) is 36.0 Å². The van der Waals surface area contributed by atoms with E-state index >= 15 is 0 Å². The van der Waals surface area contributed by atoms with Crippen LogP contribution >= 0.6 is 11.6 Å². The fraction of sp³-hybridized carbons (Fsp3) is 0.462. The number of nitrogen functional groups attached to an aromatic ring is 1. The van der Waals surface area contributed by atoms with Crippen LogP contribution in [0.3, 0.4) is 0 Å². The summed E-state index contributed by atoms with van der Waals surface area (Å²) in [5.74, 6) is 5.53. The fourth-order valence-electron chi connectivity index (χ4n) is 2.28. The van der Waals surface area contributed by atoms with E-state index in [9.17, 15) is 14.9 Å². The zero-order valence-corrected chi connectivity index (χ0v) is 12.2. The third-order valence-electron chi connectivity index (χ3n) is 3.74. The van der Waals surface area contributed by atoms with E-state index in [2.05, 4.69) is 10.7 Å². The van der Waals surface area contributed by atoms with Gasteiger partial charge in [0.15, 0.2) is 0 Å². The van der Waals surface area contributed by atoms with Crippen LogP contribution < -0.4 is 16.6 Å². The van der Waals surface area contributed by atoms with Crippen LogP contribution in [0.15, 0.2) is 12.1 Å². The maximum absolute atomic E-state index is 12.0. The molecule has 0 heterocycles. The number of carbonyl (C=O) groups is 1. The number of benzene rings is 1. The molecule has 1 saturated carbocycles. The lowest BCUT2D eigenvalue weighted by molar-refractivity contribution is -0.384. The number of nitro groups is 1. The molecule has 0 aromatic heterocycles. The minimum absolute atomic E-state index is 0.00677. The molecule has 8 heteroatoms. The van der Waals surface area contributed by atoms with Gasteiger partial charge in [-0.2, -0.15) is 0 Å². The van der Waals surface area contributed by atoms with E-state index < -0.39 is 4.92 Å². The van der Waals surface area contributed by atoms with Gasteiger partial charge in [0, 0.05) is 18.2 Å².